The van der Waals surface area contributed by atoms with E-state index in [2.05, 4.69) is 24.2 Å². The molecule has 0 saturated carbocycles. The molecule has 0 fully saturated rings. The molecule has 162 valence electrons. The van der Waals surface area contributed by atoms with Gasteiger partial charge in [0.05, 0.1) is 37.1 Å². The molecule has 0 aliphatic heterocycles. The number of carbonyl (C=O) groups excluding carboxylic acids is 1. The number of unbranched alkanes of at least 4 members (excludes halogenated alkanes) is 1. The Morgan fingerprint density at radius 2 is 2.03 bits per heavy atom. The highest BCUT2D eigenvalue weighted by molar-refractivity contribution is 5.81. The van der Waals surface area contributed by atoms with Crippen molar-refractivity contribution in [3.8, 4) is 17.2 Å². The van der Waals surface area contributed by atoms with Crippen LogP contribution >= 0.6 is 0 Å². The molecule has 30 heavy (non-hydrogen) atoms. The van der Waals surface area contributed by atoms with Crippen LogP contribution in [0.1, 0.15) is 50.1 Å². The van der Waals surface area contributed by atoms with E-state index in [4.69, 9.17) is 23.8 Å². The summed E-state index contributed by atoms with van der Waals surface area (Å²) >= 11 is 0. The molecule has 0 atom stereocenters. The van der Waals surface area contributed by atoms with Crippen molar-refractivity contribution in [3.63, 3.8) is 0 Å². The van der Waals surface area contributed by atoms with Gasteiger partial charge in [0.15, 0.2) is 5.76 Å². The van der Waals surface area contributed by atoms with Crippen molar-refractivity contribution in [2.45, 2.75) is 52.6 Å². The van der Waals surface area contributed by atoms with Gasteiger partial charge in [0.25, 0.3) is 5.88 Å². The second-order valence-corrected chi connectivity index (χ2v) is 6.95. The third kappa shape index (κ3) is 4.64. The topological polar surface area (TPSA) is 88.1 Å². The highest BCUT2D eigenvalue weighted by atomic mass is 16.5. The van der Waals surface area contributed by atoms with Gasteiger partial charge in [-0.05, 0) is 55.5 Å². The van der Waals surface area contributed by atoms with E-state index in [0.717, 1.165) is 53.7 Å². The number of fused-ring (bicyclic) bond motifs is 1. The van der Waals surface area contributed by atoms with Crippen molar-refractivity contribution in [1.29, 1.82) is 0 Å². The van der Waals surface area contributed by atoms with Crippen LogP contribution in [0, 0.1) is 0 Å². The number of nitrogens with zero attached hydrogens (tertiary/aromatic N) is 3. The summed E-state index contributed by atoms with van der Waals surface area (Å²) in [6.45, 7) is 4.70. The number of hydrogen-bond donors (Lipinski definition) is 0. The maximum Gasteiger partial charge on any atom is 0.305 e. The molecule has 0 spiro atoms. The molecule has 3 aromatic heterocycles. The van der Waals surface area contributed by atoms with Crippen molar-refractivity contribution < 1.29 is 23.5 Å². The maximum atomic E-state index is 11.7. The molecule has 0 aromatic carbocycles. The normalized spacial score (nSPS) is 11.2. The van der Waals surface area contributed by atoms with Gasteiger partial charge in [0.1, 0.15) is 0 Å². The van der Waals surface area contributed by atoms with E-state index >= 15 is 0 Å². The highest BCUT2D eigenvalue weighted by Gasteiger charge is 2.22. The van der Waals surface area contributed by atoms with E-state index in [9.17, 15) is 4.79 Å². The second-order valence-electron chi connectivity index (χ2n) is 6.95. The monoisotopic (exact) mass is 415 g/mol. The van der Waals surface area contributed by atoms with E-state index < -0.39 is 0 Å². The number of aromatic nitrogens is 3. The van der Waals surface area contributed by atoms with Crippen molar-refractivity contribution in [3.05, 3.63) is 35.2 Å². The average molecular weight is 415 g/mol. The van der Waals surface area contributed by atoms with E-state index in [1.807, 2.05) is 11.4 Å². The SMILES string of the molecule is CCOC(=O)CCCCc1c(COC)nn2c(CC)ccc2c1-c1cc(OC)no1. The molecule has 3 rings (SSSR count). The van der Waals surface area contributed by atoms with Gasteiger partial charge in [0, 0.05) is 25.3 Å². The minimum absolute atomic E-state index is 0.164. The van der Waals surface area contributed by atoms with Crippen LogP contribution in [0.15, 0.2) is 22.7 Å². The summed E-state index contributed by atoms with van der Waals surface area (Å²) in [7, 11) is 3.22. The summed E-state index contributed by atoms with van der Waals surface area (Å²) in [6, 6.07) is 5.90. The smallest absolute Gasteiger partial charge is 0.305 e. The Morgan fingerprint density at radius 1 is 1.20 bits per heavy atom. The summed E-state index contributed by atoms with van der Waals surface area (Å²) in [4.78, 5) is 11.7. The van der Waals surface area contributed by atoms with Crippen LogP contribution in [0.2, 0.25) is 0 Å². The molecule has 3 aromatic rings. The minimum Gasteiger partial charge on any atom is -0.479 e. The first-order valence-electron chi connectivity index (χ1n) is 10.3. The van der Waals surface area contributed by atoms with Crippen LogP contribution < -0.4 is 4.74 Å². The molecule has 3 heterocycles. The summed E-state index contributed by atoms with van der Waals surface area (Å²) in [5.41, 5.74) is 4.86. The zero-order valence-electron chi connectivity index (χ0n) is 18.1. The number of hydrogen-bond acceptors (Lipinski definition) is 7. The zero-order chi connectivity index (χ0) is 21.5. The van der Waals surface area contributed by atoms with Crippen molar-refractivity contribution in [1.82, 2.24) is 14.8 Å². The lowest BCUT2D eigenvalue weighted by molar-refractivity contribution is -0.143. The molecule has 0 amide bonds. The fraction of sp³-hybridized carbons (Fsp3) is 0.500. The molecule has 0 aliphatic rings. The second kappa shape index (κ2) is 10.2. The van der Waals surface area contributed by atoms with Gasteiger partial charge in [-0.1, -0.05) is 6.92 Å². The lowest BCUT2D eigenvalue weighted by Gasteiger charge is -2.15. The van der Waals surface area contributed by atoms with Crippen molar-refractivity contribution in [2.75, 3.05) is 20.8 Å². The molecule has 0 bridgehead atoms. The first-order valence-corrected chi connectivity index (χ1v) is 10.3. The molecular formula is C22H29N3O5. The van der Waals surface area contributed by atoms with Crippen LogP contribution in [0.4, 0.5) is 0 Å². The predicted molar refractivity (Wildman–Crippen MR) is 112 cm³/mol. The maximum absolute atomic E-state index is 11.7. The average Bonchev–Trinajstić information content (AvgIpc) is 3.38. The summed E-state index contributed by atoms with van der Waals surface area (Å²) in [5.74, 6) is 0.879. The fourth-order valence-electron chi connectivity index (χ4n) is 3.60. The van der Waals surface area contributed by atoms with Crippen LogP contribution in [0.5, 0.6) is 5.88 Å². The van der Waals surface area contributed by atoms with Gasteiger partial charge in [-0.15, -0.1) is 0 Å². The number of rotatable bonds is 11. The van der Waals surface area contributed by atoms with Crippen LogP contribution in [-0.2, 0) is 33.7 Å². The Morgan fingerprint density at radius 3 is 2.70 bits per heavy atom. The fourth-order valence-corrected chi connectivity index (χ4v) is 3.60. The third-order valence-corrected chi connectivity index (χ3v) is 5.01. The Balaban J connectivity index is 2.02. The molecule has 0 N–H and O–H groups in total. The zero-order valence-corrected chi connectivity index (χ0v) is 18.1. The molecular weight excluding hydrogens is 386 g/mol. The van der Waals surface area contributed by atoms with E-state index in [0.29, 0.717) is 31.3 Å². The summed E-state index contributed by atoms with van der Waals surface area (Å²) in [5, 5.41) is 8.84. The third-order valence-electron chi connectivity index (χ3n) is 5.01. The quantitative estimate of drug-likeness (QED) is 0.346. The predicted octanol–water partition coefficient (Wildman–Crippen LogP) is 3.98. The molecule has 8 nitrogen and oxygen atoms in total. The van der Waals surface area contributed by atoms with Crippen LogP contribution in [-0.4, -0.2) is 41.6 Å². The van der Waals surface area contributed by atoms with Crippen LogP contribution in [0.3, 0.4) is 0 Å². The minimum atomic E-state index is -0.164. The lowest BCUT2D eigenvalue weighted by atomic mass is 9.98. The molecule has 0 unspecified atom stereocenters. The number of carbonyl (C=O) groups is 1. The summed E-state index contributed by atoms with van der Waals surface area (Å²) in [6.07, 6.45) is 3.53. The Labute approximate surface area is 176 Å². The van der Waals surface area contributed by atoms with Gasteiger partial charge in [-0.2, -0.15) is 5.10 Å². The van der Waals surface area contributed by atoms with Crippen molar-refractivity contribution in [2.24, 2.45) is 0 Å². The van der Waals surface area contributed by atoms with Crippen LogP contribution in [0.25, 0.3) is 16.8 Å². The lowest BCUT2D eigenvalue weighted by Crippen LogP contribution is -2.10. The van der Waals surface area contributed by atoms with Gasteiger partial charge >= 0.3 is 5.97 Å². The summed E-state index contributed by atoms with van der Waals surface area (Å²) < 4.78 is 23.2. The van der Waals surface area contributed by atoms with Gasteiger partial charge in [0.2, 0.25) is 0 Å². The van der Waals surface area contributed by atoms with E-state index in [1.54, 1.807) is 20.3 Å². The number of ether oxygens (including phenoxy) is 3. The molecule has 0 radical (unpaired) electrons. The van der Waals surface area contributed by atoms with Gasteiger partial charge < -0.3 is 18.7 Å². The first-order chi connectivity index (χ1) is 14.6. The van der Waals surface area contributed by atoms with Gasteiger partial charge in [-0.25, -0.2) is 4.52 Å². The Hall–Kier alpha value is -2.87. The van der Waals surface area contributed by atoms with E-state index in [1.165, 1.54) is 0 Å². The first kappa shape index (κ1) is 21.8. The molecule has 0 aliphatic carbocycles. The van der Waals surface area contributed by atoms with E-state index in [-0.39, 0.29) is 5.97 Å². The number of esters is 1. The van der Waals surface area contributed by atoms with Crippen molar-refractivity contribution >= 4 is 11.5 Å². The number of aryl methyl sites for hydroxylation is 1. The highest BCUT2D eigenvalue weighted by Crippen LogP contribution is 2.34. The number of methoxy groups -OCH3 is 2. The Kier molecular flexibility index (Phi) is 7.46. The largest absolute Gasteiger partial charge is 0.479 e. The van der Waals surface area contributed by atoms with Gasteiger partial charge in [-0.3, -0.25) is 4.79 Å². The molecule has 0 saturated heterocycles. The Bertz CT molecular complexity index is 992. The molecule has 8 heteroatoms. The standard InChI is InChI=1S/C22H29N3O5/c1-5-15-11-12-18-22(19-13-20(28-4)24-30-19)16(17(14-27-3)23-25(15)18)9-7-8-10-21(26)29-6-2/h11-13H,5-10,14H2,1-4H3.